The first-order chi connectivity index (χ1) is 11.2. The van der Waals surface area contributed by atoms with Gasteiger partial charge < -0.3 is 9.84 Å². The van der Waals surface area contributed by atoms with Gasteiger partial charge in [0.1, 0.15) is 6.33 Å². The van der Waals surface area contributed by atoms with E-state index in [1.807, 2.05) is 31.2 Å². The van der Waals surface area contributed by atoms with Gasteiger partial charge in [0.05, 0.1) is 12.2 Å². The van der Waals surface area contributed by atoms with Gasteiger partial charge in [-0.2, -0.15) is 4.98 Å². The summed E-state index contributed by atoms with van der Waals surface area (Å²) < 4.78 is 20.2. The Balaban J connectivity index is 1.73. The van der Waals surface area contributed by atoms with E-state index in [0.29, 0.717) is 23.8 Å². The number of rotatable bonds is 5. The van der Waals surface area contributed by atoms with Gasteiger partial charge in [-0.3, -0.25) is 0 Å². The highest BCUT2D eigenvalue weighted by Gasteiger charge is 2.12. The maximum Gasteiger partial charge on any atom is 0.258 e. The Bertz CT molecular complexity index is 823. The molecule has 0 aliphatic heterocycles. The van der Waals surface area contributed by atoms with Crippen LogP contribution < -0.4 is 5.32 Å². The van der Waals surface area contributed by atoms with Gasteiger partial charge in [0, 0.05) is 10.0 Å². The molecule has 118 valence electrons. The summed E-state index contributed by atoms with van der Waals surface area (Å²) in [4.78, 5) is 12.1. The molecule has 0 spiro atoms. The second-order valence-corrected chi connectivity index (χ2v) is 5.63. The van der Waals surface area contributed by atoms with Crippen LogP contribution in [0.1, 0.15) is 18.4 Å². The van der Waals surface area contributed by atoms with E-state index in [0.717, 1.165) is 10.0 Å². The topological polar surface area (TPSA) is 76.7 Å². The average Bonchev–Trinajstić information content (AvgIpc) is 3.03. The average molecular weight is 378 g/mol. The minimum Gasteiger partial charge on any atom is -0.360 e. The predicted molar refractivity (Wildman–Crippen MR) is 86.1 cm³/mol. The second-order valence-electron chi connectivity index (χ2n) is 4.72. The first kappa shape index (κ1) is 15.5. The molecule has 0 bridgehead atoms. The Morgan fingerprint density at radius 1 is 1.30 bits per heavy atom. The van der Waals surface area contributed by atoms with Gasteiger partial charge in [-0.15, -0.1) is 0 Å². The molecule has 0 saturated heterocycles. The highest BCUT2D eigenvalue weighted by Crippen LogP contribution is 2.21. The molecule has 0 aliphatic carbocycles. The summed E-state index contributed by atoms with van der Waals surface area (Å²) in [6.07, 6.45) is 1.83. The van der Waals surface area contributed by atoms with Crippen molar-refractivity contribution in [3.8, 4) is 11.5 Å². The van der Waals surface area contributed by atoms with E-state index in [9.17, 15) is 4.39 Å². The van der Waals surface area contributed by atoms with E-state index < -0.39 is 5.82 Å². The first-order valence-electron chi connectivity index (χ1n) is 6.99. The fourth-order valence-corrected chi connectivity index (χ4v) is 2.40. The van der Waals surface area contributed by atoms with E-state index in [1.165, 1.54) is 6.33 Å². The monoisotopic (exact) mass is 377 g/mol. The molecule has 3 rings (SSSR count). The number of halogens is 2. The van der Waals surface area contributed by atoms with Crippen LogP contribution in [0, 0.1) is 5.82 Å². The lowest BCUT2D eigenvalue weighted by molar-refractivity contribution is 0.423. The molecule has 1 N–H and O–H groups in total. The first-order valence-corrected chi connectivity index (χ1v) is 7.78. The highest BCUT2D eigenvalue weighted by atomic mass is 79.9. The highest BCUT2D eigenvalue weighted by molar-refractivity contribution is 9.10. The summed E-state index contributed by atoms with van der Waals surface area (Å²) in [5.41, 5.74) is 1.17. The number of nitrogens with one attached hydrogen (secondary N) is 1. The molecular weight excluding hydrogens is 365 g/mol. The van der Waals surface area contributed by atoms with Crippen LogP contribution in [0.15, 0.2) is 39.6 Å². The number of nitrogens with zero attached hydrogens (tertiary/aromatic N) is 4. The van der Waals surface area contributed by atoms with Gasteiger partial charge in [-0.25, -0.2) is 14.4 Å². The minimum absolute atomic E-state index is 0.130. The van der Waals surface area contributed by atoms with E-state index in [2.05, 4.69) is 41.4 Å². The van der Waals surface area contributed by atoms with Crippen LogP contribution in [0.5, 0.6) is 0 Å². The summed E-state index contributed by atoms with van der Waals surface area (Å²) in [6, 6.07) is 7.53. The minimum atomic E-state index is -0.453. The maximum absolute atomic E-state index is 14.0. The lowest BCUT2D eigenvalue weighted by Crippen LogP contribution is -2.07. The van der Waals surface area contributed by atoms with Gasteiger partial charge in [0.2, 0.25) is 0 Å². The Kier molecular flexibility index (Phi) is 4.61. The van der Waals surface area contributed by atoms with Crippen LogP contribution in [0.3, 0.4) is 0 Å². The lowest BCUT2D eigenvalue weighted by atomic mass is 10.2. The molecule has 2 heterocycles. The summed E-state index contributed by atoms with van der Waals surface area (Å²) in [5.74, 6) is 0.493. The predicted octanol–water partition coefficient (Wildman–Crippen LogP) is 3.60. The third-order valence-electron chi connectivity index (χ3n) is 3.15. The van der Waals surface area contributed by atoms with Gasteiger partial charge in [-0.05, 0) is 24.6 Å². The van der Waals surface area contributed by atoms with E-state index in [1.54, 1.807) is 0 Å². The Morgan fingerprint density at radius 3 is 2.96 bits per heavy atom. The van der Waals surface area contributed by atoms with Gasteiger partial charge >= 0.3 is 0 Å². The summed E-state index contributed by atoms with van der Waals surface area (Å²) in [7, 11) is 0. The number of benzene rings is 1. The number of hydrogen-bond donors (Lipinski definition) is 1. The van der Waals surface area contributed by atoms with Crippen molar-refractivity contribution >= 4 is 21.7 Å². The van der Waals surface area contributed by atoms with Crippen LogP contribution in [-0.2, 0) is 13.0 Å². The third kappa shape index (κ3) is 3.53. The number of aryl methyl sites for hydroxylation is 1. The molecule has 0 radical (unpaired) electrons. The molecule has 1 aromatic carbocycles. The van der Waals surface area contributed by atoms with Crippen molar-refractivity contribution in [3.05, 3.63) is 52.4 Å². The lowest BCUT2D eigenvalue weighted by Gasteiger charge is -2.05. The Labute approximate surface area is 140 Å². The van der Waals surface area contributed by atoms with Crippen LogP contribution in [-0.4, -0.2) is 20.1 Å². The molecule has 0 aliphatic rings. The fourth-order valence-electron chi connectivity index (χ4n) is 2.00. The molecule has 8 heteroatoms. The summed E-state index contributed by atoms with van der Waals surface area (Å²) >= 11 is 3.39. The van der Waals surface area contributed by atoms with Crippen molar-refractivity contribution in [1.82, 2.24) is 20.1 Å². The molecule has 0 amide bonds. The zero-order valence-electron chi connectivity index (χ0n) is 12.3. The largest absolute Gasteiger partial charge is 0.360 e. The van der Waals surface area contributed by atoms with Crippen LogP contribution in [0.4, 0.5) is 10.2 Å². The summed E-state index contributed by atoms with van der Waals surface area (Å²) in [6.45, 7) is 2.03. The molecule has 2 aromatic heterocycles. The molecule has 23 heavy (non-hydrogen) atoms. The smallest absolute Gasteiger partial charge is 0.258 e. The van der Waals surface area contributed by atoms with E-state index in [4.69, 9.17) is 4.52 Å². The standard InChI is InChI=1S/C15H13BrFN5O/c1-2-11-13(17)14(20-8-19-11)18-7-12-21-15(23-22-12)9-4-3-5-10(16)6-9/h3-6,8H,2,7H2,1H3,(H,18,19,20). The van der Waals surface area contributed by atoms with Crippen molar-refractivity contribution in [2.45, 2.75) is 19.9 Å². The van der Waals surface area contributed by atoms with Crippen molar-refractivity contribution < 1.29 is 8.91 Å². The van der Waals surface area contributed by atoms with Crippen molar-refractivity contribution in [3.63, 3.8) is 0 Å². The third-order valence-corrected chi connectivity index (χ3v) is 3.64. The van der Waals surface area contributed by atoms with Gasteiger partial charge in [0.15, 0.2) is 17.5 Å². The normalized spacial score (nSPS) is 10.7. The zero-order chi connectivity index (χ0) is 16.2. The van der Waals surface area contributed by atoms with Crippen molar-refractivity contribution in [1.29, 1.82) is 0 Å². The Morgan fingerprint density at radius 2 is 2.17 bits per heavy atom. The number of hydrogen-bond acceptors (Lipinski definition) is 6. The Hall–Kier alpha value is -2.35. The maximum atomic E-state index is 14.0. The van der Waals surface area contributed by atoms with Gasteiger partial charge in [-0.1, -0.05) is 34.1 Å². The quantitative estimate of drug-likeness (QED) is 0.731. The molecule has 0 fully saturated rings. The molecule has 0 unspecified atom stereocenters. The molecule has 6 nitrogen and oxygen atoms in total. The molecule has 0 atom stereocenters. The van der Waals surface area contributed by atoms with Crippen molar-refractivity contribution in [2.24, 2.45) is 0 Å². The number of anilines is 1. The van der Waals surface area contributed by atoms with E-state index in [-0.39, 0.29) is 12.4 Å². The van der Waals surface area contributed by atoms with Crippen LogP contribution in [0.25, 0.3) is 11.5 Å². The SMILES string of the molecule is CCc1ncnc(NCc2noc(-c3cccc(Br)c3)n2)c1F. The molecule has 3 aromatic rings. The second kappa shape index (κ2) is 6.82. The zero-order valence-corrected chi connectivity index (χ0v) is 13.8. The molecular formula is C15H13BrFN5O. The summed E-state index contributed by atoms with van der Waals surface area (Å²) in [5, 5.41) is 6.74. The fraction of sp³-hybridized carbons (Fsp3) is 0.200. The van der Waals surface area contributed by atoms with Crippen molar-refractivity contribution in [2.75, 3.05) is 5.32 Å². The van der Waals surface area contributed by atoms with E-state index >= 15 is 0 Å². The number of aromatic nitrogens is 4. The van der Waals surface area contributed by atoms with Gasteiger partial charge in [0.25, 0.3) is 5.89 Å². The van der Waals surface area contributed by atoms with Crippen LogP contribution >= 0.6 is 15.9 Å². The molecule has 0 saturated carbocycles. The van der Waals surface area contributed by atoms with Crippen LogP contribution in [0.2, 0.25) is 0 Å².